The number of hydrogen-bond acceptors (Lipinski definition) is 5. The summed E-state index contributed by atoms with van der Waals surface area (Å²) >= 11 is 0. The average Bonchev–Trinajstić information content (AvgIpc) is 3.09. The van der Waals surface area contributed by atoms with Crippen LogP contribution in [0.25, 0.3) is 23.2 Å². The Morgan fingerprint density at radius 1 is 1.18 bits per heavy atom. The van der Waals surface area contributed by atoms with Gasteiger partial charge in [-0.05, 0) is 57.5 Å². The van der Waals surface area contributed by atoms with Crippen molar-refractivity contribution < 1.29 is 9.90 Å². The molecule has 0 bridgehead atoms. The highest BCUT2D eigenvalue weighted by molar-refractivity contribution is 6.02. The minimum absolute atomic E-state index is 0.0839. The van der Waals surface area contributed by atoms with E-state index in [-0.39, 0.29) is 11.6 Å². The van der Waals surface area contributed by atoms with Crippen LogP contribution in [0, 0.1) is 0 Å². The van der Waals surface area contributed by atoms with Crippen LogP contribution in [0.5, 0.6) is 0 Å². The van der Waals surface area contributed by atoms with Gasteiger partial charge in [-0.15, -0.1) is 0 Å². The zero-order chi connectivity index (χ0) is 20.4. The predicted octanol–water partition coefficient (Wildman–Crippen LogP) is 4.12. The molecular formula is C21H25N5O2. The van der Waals surface area contributed by atoms with Crippen molar-refractivity contribution in [2.24, 2.45) is 0 Å². The van der Waals surface area contributed by atoms with E-state index in [4.69, 9.17) is 0 Å². The van der Waals surface area contributed by atoms with Gasteiger partial charge in [-0.2, -0.15) is 5.10 Å². The fourth-order valence-electron chi connectivity index (χ4n) is 2.83. The Morgan fingerprint density at radius 2 is 1.93 bits per heavy atom. The van der Waals surface area contributed by atoms with E-state index in [1.165, 1.54) is 0 Å². The van der Waals surface area contributed by atoms with E-state index in [1.54, 1.807) is 29.2 Å². The second-order valence-corrected chi connectivity index (χ2v) is 7.31. The molecule has 7 heteroatoms. The summed E-state index contributed by atoms with van der Waals surface area (Å²) in [4.78, 5) is 22.9. The van der Waals surface area contributed by atoms with E-state index in [0.717, 1.165) is 11.4 Å². The monoisotopic (exact) mass is 379 g/mol. The van der Waals surface area contributed by atoms with Crippen LogP contribution in [0.3, 0.4) is 0 Å². The summed E-state index contributed by atoms with van der Waals surface area (Å²) in [7, 11) is 2.01. The first-order valence-corrected chi connectivity index (χ1v) is 9.26. The van der Waals surface area contributed by atoms with Crippen molar-refractivity contribution in [1.82, 2.24) is 19.7 Å². The first-order chi connectivity index (χ1) is 13.3. The highest BCUT2D eigenvalue weighted by Gasteiger charge is 2.16. The number of carboxylic acid groups (broad SMARTS) is 1. The lowest BCUT2D eigenvalue weighted by Gasteiger charge is -2.22. The van der Waals surface area contributed by atoms with Crippen LogP contribution in [0.15, 0.2) is 30.6 Å². The van der Waals surface area contributed by atoms with Crippen molar-refractivity contribution in [2.45, 2.75) is 39.8 Å². The first-order valence-electron chi connectivity index (χ1n) is 9.26. The van der Waals surface area contributed by atoms with Crippen LogP contribution in [-0.4, -0.2) is 43.9 Å². The van der Waals surface area contributed by atoms with Crippen molar-refractivity contribution in [2.75, 3.05) is 11.9 Å². The molecule has 0 amide bonds. The van der Waals surface area contributed by atoms with Crippen LogP contribution in [0.1, 0.15) is 55.4 Å². The molecule has 0 aliphatic rings. The van der Waals surface area contributed by atoms with E-state index < -0.39 is 5.97 Å². The van der Waals surface area contributed by atoms with E-state index in [0.29, 0.717) is 22.8 Å². The van der Waals surface area contributed by atoms with Gasteiger partial charge >= 0.3 is 5.97 Å². The summed E-state index contributed by atoms with van der Waals surface area (Å²) < 4.78 is 1.73. The molecule has 0 atom stereocenters. The minimum atomic E-state index is -0.993. The average molecular weight is 379 g/mol. The smallest absolute Gasteiger partial charge is 0.336 e. The summed E-state index contributed by atoms with van der Waals surface area (Å²) in [5.74, 6) is -0.0891. The Bertz CT molecular complexity index is 1020. The Kier molecular flexibility index (Phi) is 5.44. The van der Waals surface area contributed by atoms with Crippen LogP contribution < -0.4 is 4.90 Å². The van der Waals surface area contributed by atoms with Crippen molar-refractivity contribution >= 4 is 35.0 Å². The van der Waals surface area contributed by atoms with Gasteiger partial charge in [0.05, 0.1) is 22.8 Å². The number of anilines is 1. The molecule has 0 spiro atoms. The van der Waals surface area contributed by atoms with Gasteiger partial charge in [0.25, 0.3) is 0 Å². The minimum Gasteiger partial charge on any atom is -0.478 e. The largest absolute Gasteiger partial charge is 0.478 e. The maximum atomic E-state index is 11.7. The van der Waals surface area contributed by atoms with Crippen molar-refractivity contribution in [3.05, 3.63) is 47.4 Å². The number of aromatic carboxylic acids is 1. The second-order valence-electron chi connectivity index (χ2n) is 7.31. The number of aromatic nitrogens is 4. The van der Waals surface area contributed by atoms with Crippen molar-refractivity contribution in [3.63, 3.8) is 0 Å². The lowest BCUT2D eigenvalue weighted by atomic mass is 10.1. The van der Waals surface area contributed by atoms with E-state index in [9.17, 15) is 9.90 Å². The summed E-state index contributed by atoms with van der Waals surface area (Å²) in [5.41, 5.74) is 2.25. The maximum absolute atomic E-state index is 11.7. The third kappa shape index (κ3) is 3.88. The summed E-state index contributed by atoms with van der Waals surface area (Å²) in [5, 5.41) is 14.4. The Balaban J connectivity index is 1.95. The van der Waals surface area contributed by atoms with Gasteiger partial charge in [0.1, 0.15) is 5.82 Å². The van der Waals surface area contributed by atoms with Gasteiger partial charge in [0.15, 0.2) is 5.65 Å². The standard InChI is InChI=1S/C21H25N5O2/c1-13(2)25(5)19-9-7-15(11-22-19)6-8-16-10-17(21(27)28)18-12-23-26(14(3)4)20(18)24-16/h6-14H,1-5H3,(H,27,28)/b8-6+. The Labute approximate surface area is 164 Å². The predicted molar refractivity (Wildman–Crippen MR) is 112 cm³/mol. The molecule has 0 saturated carbocycles. The molecule has 3 rings (SSSR count). The number of rotatable bonds is 6. The van der Waals surface area contributed by atoms with Gasteiger partial charge < -0.3 is 10.0 Å². The summed E-state index contributed by atoms with van der Waals surface area (Å²) in [6.45, 7) is 8.19. The summed E-state index contributed by atoms with van der Waals surface area (Å²) in [6, 6.07) is 5.96. The number of carboxylic acids is 1. The quantitative estimate of drug-likeness (QED) is 0.693. The molecule has 3 heterocycles. The molecule has 0 fully saturated rings. The normalized spacial score (nSPS) is 11.8. The van der Waals surface area contributed by atoms with Gasteiger partial charge in [0.2, 0.25) is 0 Å². The number of carbonyl (C=O) groups is 1. The Morgan fingerprint density at radius 3 is 2.50 bits per heavy atom. The molecule has 28 heavy (non-hydrogen) atoms. The molecule has 0 radical (unpaired) electrons. The molecule has 3 aromatic rings. The lowest BCUT2D eigenvalue weighted by molar-refractivity contribution is 0.0699. The SMILES string of the molecule is CC(C)N(C)c1ccc(/C=C/c2cc(C(=O)O)c3cnn(C(C)C)c3n2)cn1. The third-order valence-corrected chi connectivity index (χ3v) is 4.66. The highest BCUT2D eigenvalue weighted by atomic mass is 16.4. The molecule has 0 aliphatic heterocycles. The van der Waals surface area contributed by atoms with Gasteiger partial charge in [-0.25, -0.2) is 19.4 Å². The molecule has 0 unspecified atom stereocenters. The number of fused-ring (bicyclic) bond motifs is 1. The molecule has 0 aromatic carbocycles. The number of nitrogens with zero attached hydrogens (tertiary/aromatic N) is 5. The molecule has 3 aromatic heterocycles. The summed E-state index contributed by atoms with van der Waals surface area (Å²) in [6.07, 6.45) is 7.03. The molecule has 0 aliphatic carbocycles. The lowest BCUT2D eigenvalue weighted by Crippen LogP contribution is -2.26. The van der Waals surface area contributed by atoms with Crippen molar-refractivity contribution in [1.29, 1.82) is 0 Å². The zero-order valence-electron chi connectivity index (χ0n) is 16.8. The molecule has 1 N–H and O–H groups in total. The first kappa shape index (κ1) is 19.5. The molecule has 7 nitrogen and oxygen atoms in total. The van der Waals surface area contributed by atoms with E-state index in [2.05, 4.69) is 33.8 Å². The van der Waals surface area contributed by atoms with Crippen LogP contribution >= 0.6 is 0 Å². The fraction of sp³-hybridized carbons (Fsp3) is 0.333. The van der Waals surface area contributed by atoms with Gasteiger partial charge in [-0.1, -0.05) is 6.08 Å². The second kappa shape index (κ2) is 7.80. The third-order valence-electron chi connectivity index (χ3n) is 4.66. The fourth-order valence-corrected chi connectivity index (χ4v) is 2.83. The Hall–Kier alpha value is -3.22. The molecule has 146 valence electrons. The molecule has 0 saturated heterocycles. The van der Waals surface area contributed by atoms with Gasteiger partial charge in [0, 0.05) is 25.3 Å². The maximum Gasteiger partial charge on any atom is 0.336 e. The molecular weight excluding hydrogens is 354 g/mol. The van der Waals surface area contributed by atoms with E-state index in [1.807, 2.05) is 39.1 Å². The topological polar surface area (TPSA) is 84.1 Å². The number of pyridine rings is 2. The van der Waals surface area contributed by atoms with Crippen LogP contribution in [-0.2, 0) is 0 Å². The van der Waals surface area contributed by atoms with Crippen molar-refractivity contribution in [3.8, 4) is 0 Å². The zero-order valence-corrected chi connectivity index (χ0v) is 16.8. The van der Waals surface area contributed by atoms with Gasteiger partial charge in [-0.3, -0.25) is 0 Å². The number of hydrogen-bond donors (Lipinski definition) is 1. The van der Waals surface area contributed by atoms with Crippen LogP contribution in [0.2, 0.25) is 0 Å². The van der Waals surface area contributed by atoms with E-state index >= 15 is 0 Å². The van der Waals surface area contributed by atoms with Crippen LogP contribution in [0.4, 0.5) is 5.82 Å². The highest BCUT2D eigenvalue weighted by Crippen LogP contribution is 2.22.